The normalized spacial score (nSPS) is 11.3. The lowest BCUT2D eigenvalue weighted by molar-refractivity contribution is -0.116. The maximum absolute atomic E-state index is 12.3. The molecule has 0 saturated carbocycles. The minimum Gasteiger partial charge on any atom is -0.351 e. The zero-order valence-electron chi connectivity index (χ0n) is 13.9. The van der Waals surface area contributed by atoms with Crippen LogP contribution in [0.4, 0.5) is 5.69 Å². The lowest BCUT2D eigenvalue weighted by Gasteiger charge is -2.15. The van der Waals surface area contributed by atoms with Gasteiger partial charge in [0, 0.05) is 38.0 Å². The van der Waals surface area contributed by atoms with Gasteiger partial charge in [0.05, 0.1) is 5.69 Å². The Kier molecular flexibility index (Phi) is 6.29. The molecule has 0 fully saturated rings. The fourth-order valence-corrected chi connectivity index (χ4v) is 3.67. The molecule has 0 unspecified atom stereocenters. The molecule has 0 aliphatic heterocycles. The van der Waals surface area contributed by atoms with Gasteiger partial charge >= 0.3 is 0 Å². The van der Waals surface area contributed by atoms with Gasteiger partial charge in [-0.25, -0.2) is 12.7 Å². The number of hydrogen-bond donors (Lipinski definition) is 2. The van der Waals surface area contributed by atoms with Crippen LogP contribution in [-0.4, -0.2) is 45.2 Å². The van der Waals surface area contributed by atoms with Crippen LogP contribution < -0.4 is 10.6 Å². The van der Waals surface area contributed by atoms with Gasteiger partial charge in [0.2, 0.25) is 15.9 Å². The summed E-state index contributed by atoms with van der Waals surface area (Å²) in [5, 5.41) is 8.75. The summed E-state index contributed by atoms with van der Waals surface area (Å²) in [5.74, 6) is -0.628. The number of sulfonamides is 1. The highest BCUT2D eigenvalue weighted by Gasteiger charge is 2.21. The van der Waals surface area contributed by atoms with Crippen molar-refractivity contribution < 1.29 is 18.0 Å². The maximum atomic E-state index is 12.3. The predicted molar refractivity (Wildman–Crippen MR) is 97.2 cm³/mol. The number of carbonyl (C=O) groups is 2. The molecule has 7 nitrogen and oxygen atoms in total. The van der Waals surface area contributed by atoms with Crippen LogP contribution in [0.2, 0.25) is 0 Å². The van der Waals surface area contributed by atoms with Gasteiger partial charge in [-0.3, -0.25) is 9.59 Å². The van der Waals surface area contributed by atoms with Crippen molar-refractivity contribution in [2.75, 3.05) is 26.0 Å². The number of anilines is 1. The maximum Gasteiger partial charge on any atom is 0.252 e. The average Bonchev–Trinajstić information content (AvgIpc) is 3.09. The van der Waals surface area contributed by atoms with E-state index in [1.165, 1.54) is 37.6 Å². The molecule has 1 heterocycles. The molecule has 2 N–H and O–H groups in total. The summed E-state index contributed by atoms with van der Waals surface area (Å²) >= 11 is 1.41. The van der Waals surface area contributed by atoms with E-state index in [0.717, 1.165) is 4.31 Å². The van der Waals surface area contributed by atoms with Crippen LogP contribution in [0.25, 0.3) is 0 Å². The summed E-state index contributed by atoms with van der Waals surface area (Å²) in [6.45, 7) is 0.156. The summed E-state index contributed by atoms with van der Waals surface area (Å²) in [5.41, 5.74) is 0.762. The molecule has 2 aromatic rings. The molecule has 0 aliphatic rings. The second-order valence-electron chi connectivity index (χ2n) is 5.35. The fourth-order valence-electron chi connectivity index (χ4n) is 1.99. The Morgan fingerprint density at radius 2 is 1.88 bits per heavy atom. The molecule has 1 aromatic heterocycles. The van der Waals surface area contributed by atoms with Gasteiger partial charge in [-0.05, 0) is 23.6 Å². The number of amides is 2. The molecule has 2 amide bonds. The lowest BCUT2D eigenvalue weighted by atomic mass is 10.3. The second kappa shape index (κ2) is 8.24. The van der Waals surface area contributed by atoms with Crippen LogP contribution >= 0.6 is 11.3 Å². The first kappa shape index (κ1) is 19.1. The summed E-state index contributed by atoms with van der Waals surface area (Å²) in [4.78, 5) is 23.9. The smallest absolute Gasteiger partial charge is 0.252 e. The SMILES string of the molecule is CN(C)S(=O)(=O)c1ccccc1NC(=O)CCNC(=O)c1ccsc1. The highest BCUT2D eigenvalue weighted by molar-refractivity contribution is 7.89. The van der Waals surface area contributed by atoms with E-state index in [-0.39, 0.29) is 35.4 Å². The number of benzene rings is 1. The van der Waals surface area contributed by atoms with Gasteiger partial charge < -0.3 is 10.6 Å². The third kappa shape index (κ3) is 4.88. The molecule has 0 bridgehead atoms. The molecule has 0 aliphatic carbocycles. The first-order valence-corrected chi connectivity index (χ1v) is 9.82. The number of hydrogen-bond acceptors (Lipinski definition) is 5. The van der Waals surface area contributed by atoms with Crippen molar-refractivity contribution in [3.8, 4) is 0 Å². The van der Waals surface area contributed by atoms with Crippen LogP contribution in [0, 0.1) is 0 Å². The quantitative estimate of drug-likeness (QED) is 0.764. The number of nitrogens with one attached hydrogen (secondary N) is 2. The lowest BCUT2D eigenvalue weighted by Crippen LogP contribution is -2.28. The van der Waals surface area contributed by atoms with Crippen LogP contribution in [0.5, 0.6) is 0 Å². The van der Waals surface area contributed by atoms with E-state index in [9.17, 15) is 18.0 Å². The fraction of sp³-hybridized carbons (Fsp3) is 0.250. The van der Waals surface area contributed by atoms with Crippen LogP contribution in [0.3, 0.4) is 0 Å². The molecule has 0 atom stereocenters. The molecule has 0 radical (unpaired) electrons. The highest BCUT2D eigenvalue weighted by atomic mass is 32.2. The van der Waals surface area contributed by atoms with Crippen molar-refractivity contribution in [3.05, 3.63) is 46.7 Å². The molecular formula is C16H19N3O4S2. The van der Waals surface area contributed by atoms with Crippen molar-refractivity contribution >= 4 is 38.9 Å². The molecule has 25 heavy (non-hydrogen) atoms. The van der Waals surface area contributed by atoms with Crippen molar-refractivity contribution in [1.29, 1.82) is 0 Å². The Hall–Kier alpha value is -2.23. The van der Waals surface area contributed by atoms with Crippen molar-refractivity contribution in [1.82, 2.24) is 9.62 Å². The minimum absolute atomic E-state index is 0.0238. The average molecular weight is 381 g/mol. The summed E-state index contributed by atoms with van der Waals surface area (Å²) in [6.07, 6.45) is 0.0340. The predicted octanol–water partition coefficient (Wildman–Crippen LogP) is 1.76. The first-order valence-electron chi connectivity index (χ1n) is 7.44. The monoisotopic (exact) mass is 381 g/mol. The van der Waals surface area contributed by atoms with E-state index < -0.39 is 10.0 Å². The first-order chi connectivity index (χ1) is 11.8. The van der Waals surface area contributed by atoms with E-state index in [2.05, 4.69) is 10.6 Å². The Morgan fingerprint density at radius 3 is 2.52 bits per heavy atom. The molecule has 1 aromatic carbocycles. The Labute approximate surface area is 150 Å². The molecule has 134 valence electrons. The highest BCUT2D eigenvalue weighted by Crippen LogP contribution is 2.23. The van der Waals surface area contributed by atoms with E-state index in [0.29, 0.717) is 5.56 Å². The topological polar surface area (TPSA) is 95.6 Å². The van der Waals surface area contributed by atoms with E-state index >= 15 is 0 Å². The molecule has 2 rings (SSSR count). The van der Waals surface area contributed by atoms with E-state index in [1.54, 1.807) is 29.0 Å². The van der Waals surface area contributed by atoms with Gasteiger partial charge in [-0.1, -0.05) is 12.1 Å². The Bertz CT molecular complexity index is 846. The summed E-state index contributed by atoms with van der Waals surface area (Å²) in [7, 11) is -0.818. The van der Waals surface area contributed by atoms with Gasteiger partial charge in [-0.2, -0.15) is 11.3 Å². The van der Waals surface area contributed by atoms with Crippen LogP contribution in [-0.2, 0) is 14.8 Å². The van der Waals surface area contributed by atoms with E-state index in [4.69, 9.17) is 0 Å². The number of thiophene rings is 1. The summed E-state index contributed by atoms with van der Waals surface area (Å²) < 4.78 is 25.7. The summed E-state index contributed by atoms with van der Waals surface area (Å²) in [6, 6.07) is 7.89. The largest absolute Gasteiger partial charge is 0.351 e. The van der Waals surface area contributed by atoms with Crippen molar-refractivity contribution in [2.24, 2.45) is 0 Å². The van der Waals surface area contributed by atoms with Crippen LogP contribution in [0.15, 0.2) is 46.0 Å². The third-order valence-corrected chi connectivity index (χ3v) is 5.90. The second-order valence-corrected chi connectivity index (χ2v) is 8.25. The van der Waals surface area contributed by atoms with Crippen LogP contribution in [0.1, 0.15) is 16.8 Å². The molecular weight excluding hydrogens is 362 g/mol. The number of carbonyl (C=O) groups excluding carboxylic acids is 2. The molecule has 9 heteroatoms. The standard InChI is InChI=1S/C16H19N3O4S2/c1-19(2)25(22,23)14-6-4-3-5-13(14)18-15(20)7-9-17-16(21)12-8-10-24-11-12/h3-6,8,10-11H,7,9H2,1-2H3,(H,17,21)(H,18,20). The Balaban J connectivity index is 1.96. The number of para-hydroxylation sites is 1. The van der Waals surface area contributed by atoms with Gasteiger partial charge in [0.15, 0.2) is 0 Å². The zero-order valence-corrected chi connectivity index (χ0v) is 15.5. The number of nitrogens with zero attached hydrogens (tertiary/aromatic N) is 1. The van der Waals surface area contributed by atoms with Gasteiger partial charge in [0.25, 0.3) is 5.91 Å². The Morgan fingerprint density at radius 1 is 1.16 bits per heavy atom. The van der Waals surface area contributed by atoms with Crippen molar-refractivity contribution in [3.63, 3.8) is 0 Å². The minimum atomic E-state index is -3.67. The third-order valence-electron chi connectivity index (χ3n) is 3.34. The number of rotatable bonds is 7. The van der Waals surface area contributed by atoms with Gasteiger partial charge in [0.1, 0.15) is 4.90 Å². The van der Waals surface area contributed by atoms with E-state index in [1.807, 2.05) is 0 Å². The molecule has 0 spiro atoms. The van der Waals surface area contributed by atoms with Crippen molar-refractivity contribution in [2.45, 2.75) is 11.3 Å². The molecule has 0 saturated heterocycles. The zero-order chi connectivity index (χ0) is 18.4. The van der Waals surface area contributed by atoms with Gasteiger partial charge in [-0.15, -0.1) is 0 Å².